The monoisotopic (exact) mass is 702 g/mol. The number of nitrogens with two attached hydrogens (primary N) is 1. The van der Waals surface area contributed by atoms with Crippen LogP contribution in [0.3, 0.4) is 0 Å². The molecular weight excluding hydrogens is 652 g/mol. The molecule has 3 atom stereocenters. The summed E-state index contributed by atoms with van der Waals surface area (Å²) in [7, 11) is 0. The Morgan fingerprint density at radius 3 is 2.06 bits per heavy atom. The van der Waals surface area contributed by atoms with Gasteiger partial charge in [-0.05, 0) is 42.4 Å². The van der Waals surface area contributed by atoms with Gasteiger partial charge in [-0.1, -0.05) is 46.8 Å². The van der Waals surface area contributed by atoms with Crippen LogP contribution < -0.4 is 27.0 Å². The van der Waals surface area contributed by atoms with Crippen molar-refractivity contribution in [3.8, 4) is 0 Å². The maximum atomic E-state index is 13.3. The highest BCUT2D eigenvalue weighted by Gasteiger charge is 2.29. The normalized spacial score (nSPS) is 14.3. The van der Waals surface area contributed by atoms with E-state index in [1.54, 1.807) is 38.1 Å². The van der Waals surface area contributed by atoms with Crippen molar-refractivity contribution in [2.45, 2.75) is 66.2 Å². The lowest BCUT2D eigenvalue weighted by atomic mass is 9.99. The van der Waals surface area contributed by atoms with Crippen LogP contribution >= 0.6 is 0 Å². The SMILES string of the molecule is CC(C)C(C)C(=O)OCc1ccc(NC(=O)[C@H](CCCNC(N)=O)NC(=O)[C@@H](NC(=O)COCCOCCN2C(=O)C=CC2=O)C(C)C)cc1. The smallest absolute Gasteiger partial charge is 0.312 e. The number of rotatable bonds is 22. The molecule has 1 unspecified atom stereocenters. The Morgan fingerprint density at radius 2 is 1.46 bits per heavy atom. The molecule has 2 rings (SSSR count). The molecule has 1 heterocycles. The molecule has 7 amide bonds. The van der Waals surface area contributed by atoms with E-state index in [9.17, 15) is 33.6 Å². The van der Waals surface area contributed by atoms with E-state index in [2.05, 4.69) is 21.3 Å². The lowest BCUT2D eigenvalue weighted by molar-refractivity contribution is -0.150. The number of nitrogens with one attached hydrogen (secondary N) is 4. The molecule has 1 aromatic rings. The van der Waals surface area contributed by atoms with Crippen molar-refractivity contribution in [1.29, 1.82) is 0 Å². The lowest BCUT2D eigenvalue weighted by Gasteiger charge is -2.25. The largest absolute Gasteiger partial charge is 0.461 e. The third-order valence-corrected chi connectivity index (χ3v) is 7.81. The number of primary amides is 1. The highest BCUT2D eigenvalue weighted by Crippen LogP contribution is 2.15. The zero-order chi connectivity index (χ0) is 37.2. The average Bonchev–Trinajstić information content (AvgIpc) is 3.39. The first kappa shape index (κ1) is 41.3. The number of esters is 1. The standard InChI is InChI=1S/C34H50N6O10/c1-21(2)23(5)33(46)50-19-24-8-10-25(11-9-24)37-31(44)26(7-6-14-36-34(35)47)38-32(45)30(22(3)4)39-27(41)20-49-18-17-48-16-15-40-28(42)12-13-29(40)43/h8-13,21-23,26,30H,6-7,14-20H2,1-5H3,(H,37,44)(H,38,45)(H,39,41)(H3,35,36,47)/t23?,26-,30-/m0/s1. The first-order valence-corrected chi connectivity index (χ1v) is 16.6. The van der Waals surface area contributed by atoms with Gasteiger partial charge < -0.3 is 41.2 Å². The van der Waals surface area contributed by atoms with E-state index in [1.807, 2.05) is 20.8 Å². The molecule has 0 fully saturated rings. The van der Waals surface area contributed by atoms with Gasteiger partial charge >= 0.3 is 12.0 Å². The number of ether oxygens (including phenoxy) is 3. The molecule has 0 bridgehead atoms. The first-order valence-electron chi connectivity index (χ1n) is 16.6. The van der Waals surface area contributed by atoms with Crippen LogP contribution in [0.25, 0.3) is 0 Å². The summed E-state index contributed by atoms with van der Waals surface area (Å²) >= 11 is 0. The maximum absolute atomic E-state index is 13.3. The van der Waals surface area contributed by atoms with Crippen molar-refractivity contribution in [3.05, 3.63) is 42.0 Å². The molecule has 276 valence electrons. The molecule has 6 N–H and O–H groups in total. The Balaban J connectivity index is 1.90. The second-order valence-electron chi connectivity index (χ2n) is 12.4. The third-order valence-electron chi connectivity index (χ3n) is 7.81. The Bertz CT molecular complexity index is 1350. The van der Waals surface area contributed by atoms with Gasteiger partial charge in [-0.3, -0.25) is 33.7 Å². The number of nitrogens with zero attached hydrogens (tertiary/aromatic N) is 1. The Morgan fingerprint density at radius 1 is 0.820 bits per heavy atom. The van der Waals surface area contributed by atoms with Crippen LogP contribution in [0.5, 0.6) is 0 Å². The van der Waals surface area contributed by atoms with Crippen LogP contribution in [-0.4, -0.2) is 98.0 Å². The van der Waals surface area contributed by atoms with E-state index in [0.29, 0.717) is 12.1 Å². The van der Waals surface area contributed by atoms with Crippen molar-refractivity contribution in [2.24, 2.45) is 23.5 Å². The molecule has 0 aliphatic carbocycles. The number of hydrogen-bond donors (Lipinski definition) is 5. The van der Waals surface area contributed by atoms with Gasteiger partial charge in [0.05, 0.1) is 32.3 Å². The van der Waals surface area contributed by atoms with Crippen LogP contribution in [0.2, 0.25) is 0 Å². The van der Waals surface area contributed by atoms with Gasteiger partial charge in [0.1, 0.15) is 25.3 Å². The molecule has 0 aromatic heterocycles. The Kier molecular flexibility index (Phi) is 17.6. The molecule has 16 nitrogen and oxygen atoms in total. The van der Waals surface area contributed by atoms with Crippen molar-refractivity contribution in [1.82, 2.24) is 20.9 Å². The topological polar surface area (TPSA) is 225 Å². The fraction of sp³-hybridized carbons (Fsp3) is 0.559. The summed E-state index contributed by atoms with van der Waals surface area (Å²) in [5, 5.41) is 10.6. The number of hydrogen-bond acceptors (Lipinski definition) is 10. The summed E-state index contributed by atoms with van der Waals surface area (Å²) in [6, 6.07) is 3.98. The van der Waals surface area contributed by atoms with Crippen molar-refractivity contribution >= 4 is 47.2 Å². The lowest BCUT2D eigenvalue weighted by Crippen LogP contribution is -2.55. The van der Waals surface area contributed by atoms with E-state index in [-0.39, 0.29) is 76.3 Å². The van der Waals surface area contributed by atoms with Gasteiger partial charge in [-0.25, -0.2) is 4.79 Å². The zero-order valence-electron chi connectivity index (χ0n) is 29.3. The van der Waals surface area contributed by atoms with Crippen molar-refractivity contribution < 1.29 is 47.8 Å². The molecule has 0 saturated heterocycles. The number of carbonyl (C=O) groups is 7. The van der Waals surface area contributed by atoms with E-state index in [1.165, 1.54) is 12.2 Å². The van der Waals surface area contributed by atoms with Crippen molar-refractivity contribution in [3.63, 3.8) is 0 Å². The number of urea groups is 1. The summed E-state index contributed by atoms with van der Waals surface area (Å²) in [5.41, 5.74) is 6.31. The molecule has 0 radical (unpaired) electrons. The number of amides is 7. The fourth-order valence-corrected chi connectivity index (χ4v) is 4.46. The fourth-order valence-electron chi connectivity index (χ4n) is 4.46. The Hall–Kier alpha value is -4.83. The molecule has 50 heavy (non-hydrogen) atoms. The predicted molar refractivity (Wildman–Crippen MR) is 182 cm³/mol. The van der Waals surface area contributed by atoms with Crippen molar-refractivity contribution in [2.75, 3.05) is 44.8 Å². The summed E-state index contributed by atoms with van der Waals surface area (Å²) in [5.74, 6) is -3.20. The minimum Gasteiger partial charge on any atom is -0.461 e. The number of anilines is 1. The van der Waals surface area contributed by atoms with E-state index in [4.69, 9.17) is 19.9 Å². The van der Waals surface area contributed by atoms with Gasteiger partial charge in [0.15, 0.2) is 0 Å². The van der Waals surface area contributed by atoms with Crippen LogP contribution in [-0.2, 0) is 49.6 Å². The van der Waals surface area contributed by atoms with Crippen LogP contribution in [0, 0.1) is 17.8 Å². The van der Waals surface area contributed by atoms with E-state index < -0.39 is 47.7 Å². The molecule has 1 aliphatic rings. The number of benzene rings is 1. The number of imide groups is 1. The summed E-state index contributed by atoms with van der Waals surface area (Å²) < 4.78 is 16.1. The van der Waals surface area contributed by atoms with Crippen LogP contribution in [0.15, 0.2) is 36.4 Å². The van der Waals surface area contributed by atoms with E-state index in [0.717, 1.165) is 10.5 Å². The van der Waals surface area contributed by atoms with Gasteiger partial charge in [0, 0.05) is 24.4 Å². The highest BCUT2D eigenvalue weighted by atomic mass is 16.5. The van der Waals surface area contributed by atoms with E-state index >= 15 is 0 Å². The minimum absolute atomic E-state index is 0.0527. The second kappa shape index (κ2) is 21.3. The molecule has 1 aliphatic heterocycles. The second-order valence-corrected chi connectivity index (χ2v) is 12.4. The first-order chi connectivity index (χ1) is 23.7. The molecule has 0 saturated carbocycles. The predicted octanol–water partition coefficient (Wildman–Crippen LogP) is 0.993. The summed E-state index contributed by atoms with van der Waals surface area (Å²) in [4.78, 5) is 86.7. The Labute approximate surface area is 292 Å². The average molecular weight is 703 g/mol. The van der Waals surface area contributed by atoms with Gasteiger partial charge in [0.25, 0.3) is 11.8 Å². The van der Waals surface area contributed by atoms with Crippen LogP contribution in [0.4, 0.5) is 10.5 Å². The van der Waals surface area contributed by atoms with Crippen LogP contribution in [0.1, 0.15) is 53.0 Å². The van der Waals surface area contributed by atoms with Gasteiger partial charge in [-0.2, -0.15) is 0 Å². The number of carbonyl (C=O) groups excluding carboxylic acids is 7. The minimum atomic E-state index is -1.02. The third kappa shape index (κ3) is 14.7. The molecular formula is C34H50N6O10. The molecule has 1 aromatic carbocycles. The summed E-state index contributed by atoms with van der Waals surface area (Å²) in [6.45, 7) is 9.43. The van der Waals surface area contributed by atoms with Gasteiger partial charge in [0.2, 0.25) is 17.7 Å². The summed E-state index contributed by atoms with van der Waals surface area (Å²) in [6.07, 6.45) is 2.84. The highest BCUT2D eigenvalue weighted by molar-refractivity contribution is 6.12. The van der Waals surface area contributed by atoms with Gasteiger partial charge in [-0.15, -0.1) is 0 Å². The molecule has 0 spiro atoms. The quantitative estimate of drug-likeness (QED) is 0.0655. The zero-order valence-corrected chi connectivity index (χ0v) is 29.3. The molecule has 16 heteroatoms. The maximum Gasteiger partial charge on any atom is 0.312 e.